The summed E-state index contributed by atoms with van der Waals surface area (Å²) in [6.45, 7) is 0.889. The Hall–Kier alpha value is -1.11. The van der Waals surface area contributed by atoms with Crippen LogP contribution in [0.5, 0.6) is 0 Å². The smallest absolute Gasteiger partial charge is 0.270 e. The van der Waals surface area contributed by atoms with Crippen molar-refractivity contribution in [2.24, 2.45) is 0 Å². The largest absolute Gasteiger partial charge is 0.384 e. The van der Waals surface area contributed by atoms with Crippen LogP contribution < -0.4 is 5.32 Å². The summed E-state index contributed by atoms with van der Waals surface area (Å²) >= 11 is 2.13. The molecule has 18 heavy (non-hydrogen) atoms. The van der Waals surface area contributed by atoms with Crippen LogP contribution in [0.3, 0.4) is 0 Å². The highest BCUT2D eigenvalue weighted by atomic mass is 127. The quantitative estimate of drug-likeness (QED) is 0.373. The summed E-state index contributed by atoms with van der Waals surface area (Å²) in [5, 5.41) is 14.0. The summed E-state index contributed by atoms with van der Waals surface area (Å²) in [6.07, 6.45) is 7.10. The molecule has 0 saturated carbocycles. The first-order valence-electron chi connectivity index (χ1n) is 6.02. The van der Waals surface area contributed by atoms with E-state index in [1.165, 1.54) is 24.8 Å². The van der Waals surface area contributed by atoms with E-state index in [9.17, 15) is 10.1 Å². The van der Waals surface area contributed by atoms with Crippen LogP contribution in [-0.4, -0.2) is 11.5 Å². The molecule has 0 amide bonds. The van der Waals surface area contributed by atoms with Gasteiger partial charge in [-0.05, 0) is 54.3 Å². The van der Waals surface area contributed by atoms with Gasteiger partial charge in [-0.3, -0.25) is 10.1 Å². The summed E-state index contributed by atoms with van der Waals surface area (Å²) in [7, 11) is 0. The van der Waals surface area contributed by atoms with Gasteiger partial charge in [-0.15, -0.1) is 0 Å². The Labute approximate surface area is 120 Å². The number of non-ortho nitro benzene ring substituents is 1. The number of nitro benzene ring substituents is 1. The SMILES string of the molecule is O=[N+]([O-])c1ccc(NCCC2=CCCC2)c(I)c1. The zero-order chi connectivity index (χ0) is 13.0. The fourth-order valence-electron chi connectivity index (χ4n) is 2.08. The van der Waals surface area contributed by atoms with Gasteiger partial charge in [0.2, 0.25) is 0 Å². The van der Waals surface area contributed by atoms with Crippen molar-refractivity contribution in [3.05, 3.63) is 43.5 Å². The molecule has 1 aromatic rings. The Morgan fingerprint density at radius 2 is 2.28 bits per heavy atom. The molecule has 4 nitrogen and oxygen atoms in total. The van der Waals surface area contributed by atoms with Crippen LogP contribution in [0, 0.1) is 13.7 Å². The molecule has 0 bridgehead atoms. The van der Waals surface area contributed by atoms with E-state index in [1.807, 2.05) is 0 Å². The van der Waals surface area contributed by atoms with Gasteiger partial charge < -0.3 is 5.32 Å². The third-order valence-electron chi connectivity index (χ3n) is 3.06. The number of nitro groups is 1. The summed E-state index contributed by atoms with van der Waals surface area (Å²) in [6, 6.07) is 4.92. The summed E-state index contributed by atoms with van der Waals surface area (Å²) in [5.41, 5.74) is 2.64. The first-order chi connectivity index (χ1) is 8.66. The van der Waals surface area contributed by atoms with E-state index in [0.717, 1.165) is 22.2 Å². The molecule has 1 N–H and O–H groups in total. The van der Waals surface area contributed by atoms with Gasteiger partial charge in [0.05, 0.1) is 4.92 Å². The van der Waals surface area contributed by atoms with Crippen molar-refractivity contribution in [2.45, 2.75) is 25.7 Å². The lowest BCUT2D eigenvalue weighted by molar-refractivity contribution is -0.384. The van der Waals surface area contributed by atoms with Crippen LogP contribution in [0.25, 0.3) is 0 Å². The van der Waals surface area contributed by atoms with Crippen LogP contribution in [0.2, 0.25) is 0 Å². The van der Waals surface area contributed by atoms with Crippen molar-refractivity contribution in [1.29, 1.82) is 0 Å². The van der Waals surface area contributed by atoms with E-state index in [1.54, 1.807) is 18.2 Å². The number of allylic oxidation sites excluding steroid dienone is 1. The van der Waals surface area contributed by atoms with Crippen molar-refractivity contribution in [2.75, 3.05) is 11.9 Å². The summed E-state index contributed by atoms with van der Waals surface area (Å²) in [4.78, 5) is 10.3. The molecular weight excluding hydrogens is 343 g/mol. The lowest BCUT2D eigenvalue weighted by atomic mass is 10.1. The van der Waals surface area contributed by atoms with E-state index in [2.05, 4.69) is 34.0 Å². The molecule has 0 spiro atoms. The maximum absolute atomic E-state index is 10.6. The standard InChI is InChI=1S/C13H15IN2O2/c14-12-9-11(16(17)18)5-6-13(12)15-8-7-10-3-1-2-4-10/h3,5-6,9,15H,1-2,4,7-8H2. The van der Waals surface area contributed by atoms with E-state index >= 15 is 0 Å². The average Bonchev–Trinajstić information content (AvgIpc) is 2.84. The molecule has 0 fully saturated rings. The molecule has 0 heterocycles. The Balaban J connectivity index is 1.91. The van der Waals surface area contributed by atoms with Crippen molar-refractivity contribution in [1.82, 2.24) is 0 Å². The second-order valence-corrected chi connectivity index (χ2v) is 5.51. The molecule has 0 aromatic heterocycles. The molecule has 0 saturated heterocycles. The second kappa shape index (κ2) is 6.17. The number of nitrogens with zero attached hydrogens (tertiary/aromatic N) is 1. The first kappa shape index (κ1) is 13.3. The molecule has 0 unspecified atom stereocenters. The van der Waals surface area contributed by atoms with Gasteiger partial charge in [-0.25, -0.2) is 0 Å². The van der Waals surface area contributed by atoms with E-state index in [0.29, 0.717) is 0 Å². The monoisotopic (exact) mass is 358 g/mol. The minimum Gasteiger partial charge on any atom is -0.384 e. The van der Waals surface area contributed by atoms with Crippen LogP contribution in [0.15, 0.2) is 29.8 Å². The van der Waals surface area contributed by atoms with Gasteiger partial charge in [0.25, 0.3) is 5.69 Å². The number of halogens is 1. The molecule has 1 aliphatic carbocycles. The molecule has 96 valence electrons. The average molecular weight is 358 g/mol. The second-order valence-electron chi connectivity index (χ2n) is 4.35. The minimum absolute atomic E-state index is 0.142. The highest BCUT2D eigenvalue weighted by Crippen LogP contribution is 2.25. The van der Waals surface area contributed by atoms with Crippen LogP contribution >= 0.6 is 22.6 Å². The maximum atomic E-state index is 10.6. The van der Waals surface area contributed by atoms with Gasteiger partial charge in [-0.2, -0.15) is 0 Å². The lowest BCUT2D eigenvalue weighted by Crippen LogP contribution is -2.04. The maximum Gasteiger partial charge on any atom is 0.270 e. The highest BCUT2D eigenvalue weighted by molar-refractivity contribution is 14.1. The molecule has 0 aliphatic heterocycles. The van der Waals surface area contributed by atoms with Crippen molar-refractivity contribution < 1.29 is 4.92 Å². The topological polar surface area (TPSA) is 55.2 Å². The normalized spacial score (nSPS) is 14.4. The molecule has 1 aliphatic rings. The molecule has 0 radical (unpaired) electrons. The molecule has 5 heteroatoms. The van der Waals surface area contributed by atoms with Gasteiger partial charge in [0, 0.05) is 27.9 Å². The minimum atomic E-state index is -0.366. The third-order valence-corrected chi connectivity index (χ3v) is 3.95. The number of anilines is 1. The van der Waals surface area contributed by atoms with E-state index in [4.69, 9.17) is 0 Å². The number of rotatable bonds is 5. The van der Waals surface area contributed by atoms with Gasteiger partial charge in [0.1, 0.15) is 0 Å². The molecule has 0 atom stereocenters. The summed E-state index contributed by atoms with van der Waals surface area (Å²) < 4.78 is 0.891. The highest BCUT2D eigenvalue weighted by Gasteiger charge is 2.09. The molecular formula is C13H15IN2O2. The molecule has 2 rings (SSSR count). The van der Waals surface area contributed by atoms with Crippen molar-refractivity contribution >= 4 is 34.0 Å². The van der Waals surface area contributed by atoms with Gasteiger partial charge >= 0.3 is 0 Å². The Morgan fingerprint density at radius 3 is 2.89 bits per heavy atom. The van der Waals surface area contributed by atoms with Crippen LogP contribution in [-0.2, 0) is 0 Å². The Morgan fingerprint density at radius 1 is 1.44 bits per heavy atom. The van der Waals surface area contributed by atoms with E-state index < -0.39 is 0 Å². The Bertz CT molecular complexity index is 486. The number of nitrogens with one attached hydrogen (secondary N) is 1. The predicted molar refractivity (Wildman–Crippen MR) is 80.9 cm³/mol. The number of hydrogen-bond donors (Lipinski definition) is 1. The summed E-state index contributed by atoms with van der Waals surface area (Å²) in [5.74, 6) is 0. The number of benzene rings is 1. The van der Waals surface area contributed by atoms with E-state index in [-0.39, 0.29) is 10.6 Å². The van der Waals surface area contributed by atoms with Gasteiger partial charge in [-0.1, -0.05) is 11.6 Å². The fraction of sp³-hybridized carbons (Fsp3) is 0.385. The lowest BCUT2D eigenvalue weighted by Gasteiger charge is -2.08. The molecule has 1 aromatic carbocycles. The van der Waals surface area contributed by atoms with Gasteiger partial charge in [0.15, 0.2) is 0 Å². The van der Waals surface area contributed by atoms with Crippen molar-refractivity contribution in [3.63, 3.8) is 0 Å². The van der Waals surface area contributed by atoms with Crippen molar-refractivity contribution in [3.8, 4) is 0 Å². The Kier molecular flexibility index (Phi) is 4.57. The number of hydrogen-bond acceptors (Lipinski definition) is 3. The van der Waals surface area contributed by atoms with Crippen LogP contribution in [0.4, 0.5) is 11.4 Å². The third kappa shape index (κ3) is 3.44. The van der Waals surface area contributed by atoms with Crippen LogP contribution in [0.1, 0.15) is 25.7 Å². The zero-order valence-electron chi connectivity index (χ0n) is 9.99. The first-order valence-corrected chi connectivity index (χ1v) is 7.10. The fourth-order valence-corrected chi connectivity index (χ4v) is 2.77. The zero-order valence-corrected chi connectivity index (χ0v) is 12.1. The predicted octanol–water partition coefficient (Wildman–Crippen LogP) is 4.11.